The van der Waals surface area contributed by atoms with Crippen molar-refractivity contribution in [2.75, 3.05) is 19.0 Å². The zero-order valence-corrected chi connectivity index (χ0v) is 16.7. The molecular weight excluding hydrogens is 406 g/mol. The fourth-order valence-corrected chi connectivity index (χ4v) is 3.02. The largest absolute Gasteiger partial charge is 0.450 e. The van der Waals surface area contributed by atoms with Gasteiger partial charge >= 0.3 is 6.03 Å². The van der Waals surface area contributed by atoms with Gasteiger partial charge in [-0.3, -0.25) is 0 Å². The van der Waals surface area contributed by atoms with Crippen molar-refractivity contribution in [1.29, 1.82) is 0 Å². The van der Waals surface area contributed by atoms with Gasteiger partial charge in [0.1, 0.15) is 11.4 Å². The van der Waals surface area contributed by atoms with Gasteiger partial charge in [0.2, 0.25) is 0 Å². The van der Waals surface area contributed by atoms with E-state index < -0.39 is 29.0 Å². The Bertz CT molecular complexity index is 1030. The summed E-state index contributed by atoms with van der Waals surface area (Å²) in [4.78, 5) is 19.0. The second-order valence-electron chi connectivity index (χ2n) is 6.94. The summed E-state index contributed by atoms with van der Waals surface area (Å²) in [5.74, 6) is -2.47. The summed E-state index contributed by atoms with van der Waals surface area (Å²) in [6, 6.07) is 2.73. The number of nitrogens with zero attached hydrogens (tertiary/aromatic N) is 1. The van der Waals surface area contributed by atoms with Crippen LogP contribution in [0.3, 0.4) is 0 Å². The molecule has 0 unspecified atom stereocenters. The number of pyridine rings is 1. The Morgan fingerprint density at radius 2 is 2.00 bits per heavy atom. The molecule has 0 saturated heterocycles. The molecule has 2 heterocycles. The molecule has 0 radical (unpaired) electrons. The number of halogens is 3. The Hall–Kier alpha value is -2.91. The molecule has 0 spiro atoms. The average molecular weight is 425 g/mol. The number of carbonyl (C=O) groups excluding carboxylic acids is 1. The van der Waals surface area contributed by atoms with Gasteiger partial charge in [0.05, 0.1) is 22.6 Å². The molecule has 7 nitrogen and oxygen atoms in total. The van der Waals surface area contributed by atoms with Crippen molar-refractivity contribution in [3.05, 3.63) is 47.2 Å². The Morgan fingerprint density at radius 1 is 1.31 bits per heavy atom. The van der Waals surface area contributed by atoms with Gasteiger partial charge in [-0.05, 0) is 19.9 Å². The van der Waals surface area contributed by atoms with E-state index in [0.29, 0.717) is 16.1 Å². The fraction of sp³-hybridized carbons (Fsp3) is 0.263. The van der Waals surface area contributed by atoms with Crippen molar-refractivity contribution < 1.29 is 23.0 Å². The molecule has 3 N–H and O–H groups in total. The van der Waals surface area contributed by atoms with Crippen LogP contribution in [0.1, 0.15) is 13.8 Å². The predicted molar refractivity (Wildman–Crippen MR) is 106 cm³/mol. The molecule has 0 saturated carbocycles. The SMILES string of the molecule is COCC(C)(C)NC(=O)Nc1cc(F)c(Oc2ccnc3[nH]cc(Cl)c23)c(F)c1. The number of rotatable bonds is 6. The molecule has 2 aromatic heterocycles. The molecule has 29 heavy (non-hydrogen) atoms. The van der Waals surface area contributed by atoms with Crippen molar-refractivity contribution in [2.24, 2.45) is 0 Å². The van der Waals surface area contributed by atoms with Gasteiger partial charge in [0.15, 0.2) is 17.4 Å². The van der Waals surface area contributed by atoms with Crippen molar-refractivity contribution in [3.63, 3.8) is 0 Å². The van der Waals surface area contributed by atoms with E-state index in [1.165, 1.54) is 25.6 Å². The summed E-state index contributed by atoms with van der Waals surface area (Å²) in [6.07, 6.45) is 2.91. The number of aromatic amines is 1. The second-order valence-corrected chi connectivity index (χ2v) is 7.34. The van der Waals surface area contributed by atoms with Crippen LogP contribution in [0.15, 0.2) is 30.6 Å². The molecule has 2 amide bonds. The molecule has 1 aromatic carbocycles. The Balaban J connectivity index is 1.81. The first kappa shape index (κ1) is 20.8. The number of H-pyrrole nitrogens is 1. The van der Waals surface area contributed by atoms with E-state index in [1.807, 2.05) is 0 Å². The highest BCUT2D eigenvalue weighted by atomic mass is 35.5. The first-order valence-electron chi connectivity index (χ1n) is 8.57. The Labute approximate surface area is 170 Å². The van der Waals surface area contributed by atoms with Gasteiger partial charge in [0, 0.05) is 37.3 Å². The number of benzene rings is 1. The lowest BCUT2D eigenvalue weighted by Gasteiger charge is -2.25. The molecule has 0 fully saturated rings. The first-order chi connectivity index (χ1) is 13.7. The maximum atomic E-state index is 14.5. The summed E-state index contributed by atoms with van der Waals surface area (Å²) in [5.41, 5.74) is -0.318. The van der Waals surface area contributed by atoms with Crippen molar-refractivity contribution >= 4 is 34.4 Å². The average Bonchev–Trinajstić information content (AvgIpc) is 2.99. The lowest BCUT2D eigenvalue weighted by Crippen LogP contribution is -2.48. The lowest BCUT2D eigenvalue weighted by molar-refractivity contribution is 0.133. The molecular formula is C19H19ClF2N4O3. The normalized spacial score (nSPS) is 11.5. The van der Waals surface area contributed by atoms with Gasteiger partial charge in [-0.1, -0.05) is 11.6 Å². The van der Waals surface area contributed by atoms with E-state index in [4.69, 9.17) is 21.1 Å². The van der Waals surface area contributed by atoms with Crippen molar-refractivity contribution in [1.82, 2.24) is 15.3 Å². The Kier molecular flexibility index (Phi) is 5.90. The maximum absolute atomic E-state index is 14.5. The summed E-state index contributed by atoms with van der Waals surface area (Å²) in [5, 5.41) is 5.73. The number of carbonyl (C=O) groups is 1. The Morgan fingerprint density at radius 3 is 2.66 bits per heavy atom. The van der Waals surface area contributed by atoms with Gasteiger partial charge < -0.3 is 25.1 Å². The minimum Gasteiger partial charge on any atom is -0.450 e. The van der Waals surface area contributed by atoms with Gasteiger partial charge in [-0.25, -0.2) is 18.6 Å². The number of nitrogens with one attached hydrogen (secondary N) is 3. The van der Waals surface area contributed by atoms with Crippen LogP contribution in [0.4, 0.5) is 19.3 Å². The number of fused-ring (bicyclic) bond motifs is 1. The van der Waals surface area contributed by atoms with Crippen LogP contribution < -0.4 is 15.4 Å². The fourth-order valence-electron chi connectivity index (χ4n) is 2.78. The third kappa shape index (κ3) is 4.75. The van der Waals surface area contributed by atoms with E-state index >= 15 is 0 Å². The van der Waals surface area contributed by atoms with E-state index in [1.54, 1.807) is 13.8 Å². The van der Waals surface area contributed by atoms with E-state index in [2.05, 4.69) is 20.6 Å². The highest BCUT2D eigenvalue weighted by Gasteiger charge is 2.22. The number of amides is 2. The quantitative estimate of drug-likeness (QED) is 0.528. The van der Waals surface area contributed by atoms with Gasteiger partial charge in [0.25, 0.3) is 0 Å². The van der Waals surface area contributed by atoms with E-state index in [0.717, 1.165) is 12.1 Å². The molecule has 0 aliphatic carbocycles. The number of hydrogen-bond acceptors (Lipinski definition) is 4. The molecule has 0 aliphatic rings. The van der Waals surface area contributed by atoms with Crippen molar-refractivity contribution in [2.45, 2.75) is 19.4 Å². The number of methoxy groups -OCH3 is 1. The number of hydrogen-bond donors (Lipinski definition) is 3. The zero-order valence-electron chi connectivity index (χ0n) is 15.9. The van der Waals surface area contributed by atoms with Crippen LogP contribution in [-0.4, -0.2) is 35.3 Å². The van der Waals surface area contributed by atoms with Crippen LogP contribution in [0.2, 0.25) is 5.02 Å². The highest BCUT2D eigenvalue weighted by molar-refractivity contribution is 6.36. The molecule has 10 heteroatoms. The first-order valence-corrected chi connectivity index (χ1v) is 8.94. The summed E-state index contributed by atoms with van der Waals surface area (Å²) < 4.78 is 39.5. The summed E-state index contributed by atoms with van der Waals surface area (Å²) >= 11 is 6.08. The van der Waals surface area contributed by atoms with Crippen LogP contribution in [0.5, 0.6) is 11.5 Å². The van der Waals surface area contributed by atoms with Gasteiger partial charge in [-0.15, -0.1) is 0 Å². The van der Waals surface area contributed by atoms with Crippen molar-refractivity contribution in [3.8, 4) is 11.5 Å². The highest BCUT2D eigenvalue weighted by Crippen LogP contribution is 2.36. The number of ether oxygens (including phenoxy) is 2. The minimum absolute atomic E-state index is 0.0716. The third-order valence-corrected chi connectivity index (χ3v) is 4.21. The number of aromatic nitrogens is 2. The number of urea groups is 1. The molecule has 0 bridgehead atoms. The molecule has 0 atom stereocenters. The smallest absolute Gasteiger partial charge is 0.319 e. The zero-order chi connectivity index (χ0) is 21.2. The summed E-state index contributed by atoms with van der Waals surface area (Å²) in [6.45, 7) is 3.75. The second kappa shape index (κ2) is 8.22. The van der Waals surface area contributed by atoms with E-state index in [-0.39, 0.29) is 18.0 Å². The summed E-state index contributed by atoms with van der Waals surface area (Å²) in [7, 11) is 1.50. The topological polar surface area (TPSA) is 88.3 Å². The van der Waals surface area contributed by atoms with Crippen LogP contribution in [0.25, 0.3) is 11.0 Å². The van der Waals surface area contributed by atoms with Crippen LogP contribution in [-0.2, 0) is 4.74 Å². The van der Waals surface area contributed by atoms with E-state index in [9.17, 15) is 13.6 Å². The molecule has 0 aliphatic heterocycles. The molecule has 3 rings (SSSR count). The number of anilines is 1. The predicted octanol–water partition coefficient (Wildman–Crippen LogP) is 4.83. The molecule has 154 valence electrons. The standard InChI is InChI=1S/C19H19ClF2N4O3/c1-19(2,9-28-3)26-18(27)25-10-6-12(21)16(13(22)7-10)29-14-4-5-23-17-15(14)11(20)8-24-17/h4-8H,9H2,1-3H3,(H,23,24)(H2,25,26,27). The molecule has 3 aromatic rings. The maximum Gasteiger partial charge on any atom is 0.319 e. The monoisotopic (exact) mass is 424 g/mol. The lowest BCUT2D eigenvalue weighted by atomic mass is 10.1. The third-order valence-electron chi connectivity index (χ3n) is 3.91. The van der Waals surface area contributed by atoms with Crippen LogP contribution >= 0.6 is 11.6 Å². The van der Waals surface area contributed by atoms with Gasteiger partial charge in [-0.2, -0.15) is 0 Å². The minimum atomic E-state index is -0.993. The van der Waals surface area contributed by atoms with Crippen LogP contribution in [0, 0.1) is 11.6 Å².